The van der Waals surface area contributed by atoms with Crippen LogP contribution in [0.4, 0.5) is 0 Å². The van der Waals surface area contributed by atoms with Gasteiger partial charge in [0.2, 0.25) is 11.8 Å². The zero-order chi connectivity index (χ0) is 20.9. The van der Waals surface area contributed by atoms with Gasteiger partial charge >= 0.3 is 0 Å². The Hall–Kier alpha value is -2.17. The van der Waals surface area contributed by atoms with Gasteiger partial charge in [-0.25, -0.2) is 0 Å². The van der Waals surface area contributed by atoms with E-state index in [2.05, 4.69) is 33.6 Å². The Kier molecular flexibility index (Phi) is 14.1. The van der Waals surface area contributed by atoms with Crippen LogP contribution in [0.15, 0.2) is 37.5 Å². The molecule has 0 bridgehead atoms. The van der Waals surface area contributed by atoms with Gasteiger partial charge in [0.15, 0.2) is 5.78 Å². The Labute approximate surface area is 159 Å². The second-order valence-corrected chi connectivity index (χ2v) is 6.22. The molecule has 0 N–H and O–H groups in total. The number of hydrogen-bond acceptors (Lipinski definition) is 3. The van der Waals surface area contributed by atoms with Crippen LogP contribution in [-0.4, -0.2) is 53.6 Å². The largest absolute Gasteiger partial charge is 0.338 e. The monoisotopic (exact) mass is 364 g/mol. The van der Waals surface area contributed by atoms with Crippen LogP contribution in [0.5, 0.6) is 0 Å². The van der Waals surface area contributed by atoms with E-state index in [-0.39, 0.29) is 23.6 Å². The SMILES string of the molecule is C=CC(=O)N(C)CC(=C)C(C)C.C=CC(=O)N1CCC[C@H]1C(C)=O.CC. The summed E-state index contributed by atoms with van der Waals surface area (Å²) in [6, 6.07) is -0.199. The predicted molar refractivity (Wildman–Crippen MR) is 109 cm³/mol. The van der Waals surface area contributed by atoms with E-state index in [1.807, 2.05) is 13.8 Å². The van der Waals surface area contributed by atoms with Crippen LogP contribution in [0.1, 0.15) is 47.5 Å². The van der Waals surface area contributed by atoms with Crippen LogP contribution < -0.4 is 0 Å². The number of amides is 2. The summed E-state index contributed by atoms with van der Waals surface area (Å²) in [6.07, 6.45) is 4.30. The fourth-order valence-corrected chi connectivity index (χ4v) is 2.29. The minimum Gasteiger partial charge on any atom is -0.338 e. The minimum absolute atomic E-state index is 0.0585. The molecule has 0 aromatic heterocycles. The molecule has 0 saturated carbocycles. The molecule has 5 heteroatoms. The van der Waals surface area contributed by atoms with Crippen molar-refractivity contribution >= 4 is 17.6 Å². The Morgan fingerprint density at radius 1 is 1.19 bits per heavy atom. The zero-order valence-corrected chi connectivity index (χ0v) is 17.4. The number of carbonyl (C=O) groups excluding carboxylic acids is 3. The van der Waals surface area contributed by atoms with E-state index in [0.29, 0.717) is 19.0 Å². The fourth-order valence-electron chi connectivity index (χ4n) is 2.29. The number of likely N-dealkylation sites (N-methyl/N-ethyl adjacent to an activating group) is 1. The lowest BCUT2D eigenvalue weighted by molar-refractivity contribution is -0.133. The normalized spacial score (nSPS) is 15.0. The lowest BCUT2D eigenvalue weighted by Gasteiger charge is -2.20. The summed E-state index contributed by atoms with van der Waals surface area (Å²) in [6.45, 7) is 21.7. The third kappa shape index (κ3) is 9.35. The van der Waals surface area contributed by atoms with Crippen molar-refractivity contribution in [3.8, 4) is 0 Å². The summed E-state index contributed by atoms with van der Waals surface area (Å²) in [5.41, 5.74) is 1.06. The topological polar surface area (TPSA) is 57.7 Å². The van der Waals surface area contributed by atoms with Gasteiger partial charge in [0.25, 0.3) is 0 Å². The van der Waals surface area contributed by atoms with E-state index in [1.165, 1.54) is 19.1 Å². The van der Waals surface area contributed by atoms with Crippen molar-refractivity contribution in [2.45, 2.75) is 53.5 Å². The average Bonchev–Trinajstić information content (AvgIpc) is 3.12. The van der Waals surface area contributed by atoms with E-state index in [0.717, 1.165) is 18.4 Å². The van der Waals surface area contributed by atoms with E-state index in [4.69, 9.17) is 0 Å². The number of likely N-dealkylation sites (tertiary alicyclic amines) is 1. The van der Waals surface area contributed by atoms with Gasteiger partial charge in [0.1, 0.15) is 0 Å². The summed E-state index contributed by atoms with van der Waals surface area (Å²) in [7, 11) is 1.75. The van der Waals surface area contributed by atoms with Gasteiger partial charge < -0.3 is 9.80 Å². The molecule has 1 heterocycles. The molecule has 0 spiro atoms. The number of ketones is 1. The summed E-state index contributed by atoms with van der Waals surface area (Å²) in [5.74, 6) is 0.303. The lowest BCUT2D eigenvalue weighted by atomic mass is 10.1. The first-order valence-electron chi connectivity index (χ1n) is 9.14. The highest BCUT2D eigenvalue weighted by Gasteiger charge is 2.30. The van der Waals surface area contributed by atoms with Crippen molar-refractivity contribution in [2.75, 3.05) is 20.1 Å². The molecule has 1 rings (SSSR count). The van der Waals surface area contributed by atoms with Gasteiger partial charge in [-0.15, -0.1) is 0 Å². The standard InChI is InChI=1S/C10H17NO.C9H13NO2.C2H6/c1-6-10(12)11(5)7-9(4)8(2)3;1-3-9(12)10-6-4-5-8(10)7(2)11;1-2/h6,8H,1,4,7H2,2-3,5H3;3,8H,1,4-6H2,2H3;1-2H3/t;8-;/m.0./s1. The number of rotatable bonds is 6. The molecule has 1 fully saturated rings. The molecule has 0 radical (unpaired) electrons. The Morgan fingerprint density at radius 2 is 1.73 bits per heavy atom. The highest BCUT2D eigenvalue weighted by Crippen LogP contribution is 2.17. The molecule has 0 aromatic rings. The average molecular weight is 365 g/mol. The second-order valence-electron chi connectivity index (χ2n) is 6.22. The van der Waals surface area contributed by atoms with E-state index >= 15 is 0 Å². The Balaban J connectivity index is 0. The number of carbonyl (C=O) groups is 3. The zero-order valence-electron chi connectivity index (χ0n) is 17.4. The van der Waals surface area contributed by atoms with Gasteiger partial charge in [0, 0.05) is 20.1 Å². The molecule has 0 aromatic carbocycles. The molecular weight excluding hydrogens is 328 g/mol. The first kappa shape index (κ1) is 26.1. The Morgan fingerprint density at radius 3 is 2.12 bits per heavy atom. The molecule has 26 heavy (non-hydrogen) atoms. The van der Waals surface area contributed by atoms with Crippen LogP contribution in [0.25, 0.3) is 0 Å². The van der Waals surface area contributed by atoms with Gasteiger partial charge in [-0.3, -0.25) is 14.4 Å². The molecule has 148 valence electrons. The van der Waals surface area contributed by atoms with E-state index in [1.54, 1.807) is 16.8 Å². The van der Waals surface area contributed by atoms with Gasteiger partial charge in [0.05, 0.1) is 6.04 Å². The van der Waals surface area contributed by atoms with Crippen LogP contribution >= 0.6 is 0 Å². The quantitative estimate of drug-likeness (QED) is 0.534. The van der Waals surface area contributed by atoms with Crippen molar-refractivity contribution in [1.82, 2.24) is 9.80 Å². The van der Waals surface area contributed by atoms with Crippen LogP contribution in [0.2, 0.25) is 0 Å². The minimum atomic E-state index is -0.199. The summed E-state index contributed by atoms with van der Waals surface area (Å²) < 4.78 is 0. The van der Waals surface area contributed by atoms with Gasteiger partial charge in [-0.1, -0.05) is 53.0 Å². The van der Waals surface area contributed by atoms with E-state index < -0.39 is 0 Å². The molecule has 1 aliphatic rings. The smallest absolute Gasteiger partial charge is 0.246 e. The van der Waals surface area contributed by atoms with Crippen molar-refractivity contribution in [2.24, 2.45) is 5.92 Å². The van der Waals surface area contributed by atoms with Crippen LogP contribution in [0, 0.1) is 5.92 Å². The molecule has 5 nitrogen and oxygen atoms in total. The highest BCUT2D eigenvalue weighted by atomic mass is 16.2. The van der Waals surface area contributed by atoms with Crippen molar-refractivity contribution in [3.63, 3.8) is 0 Å². The summed E-state index contributed by atoms with van der Waals surface area (Å²) in [5, 5.41) is 0. The summed E-state index contributed by atoms with van der Waals surface area (Å²) in [4.78, 5) is 36.5. The van der Waals surface area contributed by atoms with Crippen LogP contribution in [-0.2, 0) is 14.4 Å². The number of Topliss-reactive ketones (excluding diaryl/α,β-unsaturated/α-hetero) is 1. The molecule has 0 unspecified atom stereocenters. The lowest BCUT2D eigenvalue weighted by Crippen LogP contribution is -2.38. The molecule has 1 aliphatic heterocycles. The van der Waals surface area contributed by atoms with Crippen molar-refractivity contribution < 1.29 is 14.4 Å². The Bertz CT molecular complexity index is 509. The van der Waals surface area contributed by atoms with E-state index in [9.17, 15) is 14.4 Å². The molecule has 1 saturated heterocycles. The number of nitrogens with zero attached hydrogens (tertiary/aromatic N) is 2. The third-order valence-corrected chi connectivity index (χ3v) is 3.99. The summed E-state index contributed by atoms with van der Waals surface area (Å²) >= 11 is 0. The molecule has 2 amide bonds. The maximum absolute atomic E-state index is 11.2. The molecular formula is C21H36N2O3. The van der Waals surface area contributed by atoms with Crippen molar-refractivity contribution in [3.05, 3.63) is 37.5 Å². The highest BCUT2D eigenvalue weighted by molar-refractivity contribution is 5.93. The maximum atomic E-state index is 11.2. The fraction of sp³-hybridized carbons (Fsp3) is 0.571. The van der Waals surface area contributed by atoms with Gasteiger partial charge in [-0.05, 0) is 37.8 Å². The number of hydrogen-bond donors (Lipinski definition) is 0. The first-order chi connectivity index (χ1) is 12.1. The predicted octanol–water partition coefficient (Wildman–Crippen LogP) is 3.62. The molecule has 0 aliphatic carbocycles. The van der Waals surface area contributed by atoms with Gasteiger partial charge in [-0.2, -0.15) is 0 Å². The third-order valence-electron chi connectivity index (χ3n) is 3.99. The maximum Gasteiger partial charge on any atom is 0.246 e. The second kappa shape index (κ2) is 14.0. The molecule has 1 atom stereocenters. The van der Waals surface area contributed by atoms with Crippen molar-refractivity contribution in [1.29, 1.82) is 0 Å². The van der Waals surface area contributed by atoms with Crippen LogP contribution in [0.3, 0.4) is 0 Å². The first-order valence-corrected chi connectivity index (χ1v) is 9.14.